The van der Waals surface area contributed by atoms with Gasteiger partial charge < -0.3 is 9.67 Å². The molecule has 0 amide bonds. The third-order valence-electron chi connectivity index (χ3n) is 2.52. The highest BCUT2D eigenvalue weighted by molar-refractivity contribution is 7.89. The lowest BCUT2D eigenvalue weighted by Crippen LogP contribution is -2.30. The van der Waals surface area contributed by atoms with Crippen LogP contribution >= 0.6 is 0 Å². The van der Waals surface area contributed by atoms with Crippen LogP contribution in [-0.2, 0) is 17.1 Å². The van der Waals surface area contributed by atoms with E-state index in [1.165, 1.54) is 28.2 Å². The molecule has 0 bridgehead atoms. The highest BCUT2D eigenvalue weighted by atomic mass is 32.2. The molecule has 1 N–H and O–H groups in total. The van der Waals surface area contributed by atoms with Crippen LogP contribution in [0.25, 0.3) is 0 Å². The van der Waals surface area contributed by atoms with Gasteiger partial charge in [0.2, 0.25) is 10.0 Å². The van der Waals surface area contributed by atoms with E-state index in [0.29, 0.717) is 6.54 Å². The van der Waals surface area contributed by atoms with Gasteiger partial charge in [0.15, 0.2) is 0 Å². The number of likely N-dealkylation sites (N-methyl/N-ethyl adjacent to an activating group) is 1. The quantitative estimate of drug-likeness (QED) is 0.781. The summed E-state index contributed by atoms with van der Waals surface area (Å²) in [5, 5.41) is 8.90. The van der Waals surface area contributed by atoms with Crippen molar-refractivity contribution >= 4 is 16.0 Å². The van der Waals surface area contributed by atoms with Crippen molar-refractivity contribution in [2.24, 2.45) is 7.05 Å². The number of aromatic nitrogens is 1. The van der Waals surface area contributed by atoms with Crippen LogP contribution in [0.2, 0.25) is 0 Å². The van der Waals surface area contributed by atoms with Crippen LogP contribution in [0.1, 0.15) is 17.4 Å². The topological polar surface area (TPSA) is 79.6 Å². The van der Waals surface area contributed by atoms with Gasteiger partial charge in [-0.1, -0.05) is 13.0 Å². The van der Waals surface area contributed by atoms with Crippen LogP contribution in [-0.4, -0.2) is 41.5 Å². The van der Waals surface area contributed by atoms with Crippen molar-refractivity contribution in [3.8, 4) is 0 Å². The summed E-state index contributed by atoms with van der Waals surface area (Å²) in [5.41, 5.74) is -0.0665. The van der Waals surface area contributed by atoms with Gasteiger partial charge in [0.25, 0.3) is 0 Å². The first-order valence-corrected chi connectivity index (χ1v) is 6.79. The lowest BCUT2D eigenvalue weighted by atomic mass is 10.4. The molecule has 100 valence electrons. The van der Waals surface area contributed by atoms with Gasteiger partial charge in [-0.25, -0.2) is 13.2 Å². The summed E-state index contributed by atoms with van der Waals surface area (Å²) in [5.74, 6) is -1.16. The molecular formula is C11H16N2O4S. The number of sulfonamides is 1. The maximum atomic E-state index is 12.2. The Labute approximate surface area is 106 Å². The van der Waals surface area contributed by atoms with E-state index in [9.17, 15) is 13.2 Å². The van der Waals surface area contributed by atoms with Crippen LogP contribution in [0.4, 0.5) is 0 Å². The van der Waals surface area contributed by atoms with Crippen molar-refractivity contribution in [3.63, 3.8) is 0 Å². The average Bonchev–Trinajstić information content (AvgIpc) is 2.68. The fraction of sp³-hybridized carbons (Fsp3) is 0.364. The number of nitrogens with zero attached hydrogens (tertiary/aromatic N) is 2. The Morgan fingerprint density at radius 2 is 2.22 bits per heavy atom. The zero-order valence-corrected chi connectivity index (χ0v) is 11.1. The molecule has 0 radical (unpaired) electrons. The third-order valence-corrected chi connectivity index (χ3v) is 4.43. The van der Waals surface area contributed by atoms with E-state index >= 15 is 0 Å². The molecule has 1 heterocycles. The van der Waals surface area contributed by atoms with Gasteiger partial charge in [0.05, 0.1) is 0 Å². The van der Waals surface area contributed by atoms with Gasteiger partial charge in [-0.05, 0) is 6.07 Å². The average molecular weight is 272 g/mol. The minimum absolute atomic E-state index is 0.0221. The minimum atomic E-state index is -3.67. The summed E-state index contributed by atoms with van der Waals surface area (Å²) >= 11 is 0. The van der Waals surface area contributed by atoms with E-state index in [-0.39, 0.29) is 17.1 Å². The van der Waals surface area contributed by atoms with E-state index < -0.39 is 16.0 Å². The SMILES string of the molecule is C=CCN(CC)S(=O)(=O)c1cc(C(=O)O)n(C)c1. The molecule has 1 rings (SSSR count). The van der Waals surface area contributed by atoms with Crippen LogP contribution in [0.5, 0.6) is 0 Å². The molecule has 7 heteroatoms. The molecule has 0 fully saturated rings. The predicted octanol–water partition coefficient (Wildman–Crippen LogP) is 0.920. The molecule has 0 aliphatic carbocycles. The van der Waals surface area contributed by atoms with Crippen LogP contribution in [0.3, 0.4) is 0 Å². The standard InChI is InChI=1S/C11H16N2O4S/c1-4-6-13(5-2)18(16,17)9-7-10(11(14)15)12(3)8-9/h4,7-8H,1,5-6H2,2-3H3,(H,14,15). The van der Waals surface area contributed by atoms with E-state index in [4.69, 9.17) is 5.11 Å². The van der Waals surface area contributed by atoms with Crippen molar-refractivity contribution in [3.05, 3.63) is 30.6 Å². The Bertz CT molecular complexity index is 560. The molecule has 0 aliphatic rings. The maximum absolute atomic E-state index is 12.2. The molecule has 0 atom stereocenters. The molecule has 1 aromatic rings. The molecule has 6 nitrogen and oxygen atoms in total. The fourth-order valence-electron chi connectivity index (χ4n) is 1.58. The molecule has 0 aliphatic heterocycles. The third kappa shape index (κ3) is 2.62. The highest BCUT2D eigenvalue weighted by Gasteiger charge is 2.25. The molecule has 0 saturated heterocycles. The van der Waals surface area contributed by atoms with Crippen LogP contribution in [0.15, 0.2) is 29.8 Å². The first-order valence-electron chi connectivity index (χ1n) is 5.35. The summed E-state index contributed by atoms with van der Waals surface area (Å²) in [7, 11) is -2.18. The summed E-state index contributed by atoms with van der Waals surface area (Å²) in [4.78, 5) is 10.9. The summed E-state index contributed by atoms with van der Waals surface area (Å²) in [6.45, 7) is 5.70. The number of rotatable bonds is 6. The summed E-state index contributed by atoms with van der Waals surface area (Å²) in [6.07, 6.45) is 2.78. The van der Waals surface area contributed by atoms with Gasteiger partial charge in [-0.3, -0.25) is 0 Å². The summed E-state index contributed by atoms with van der Waals surface area (Å²) in [6, 6.07) is 1.16. The normalized spacial score (nSPS) is 11.7. The molecule has 0 unspecified atom stereocenters. The Morgan fingerprint density at radius 3 is 2.61 bits per heavy atom. The Balaban J connectivity index is 3.24. The largest absolute Gasteiger partial charge is 0.477 e. The van der Waals surface area contributed by atoms with E-state index in [2.05, 4.69) is 6.58 Å². The first kappa shape index (κ1) is 14.5. The highest BCUT2D eigenvalue weighted by Crippen LogP contribution is 2.18. The fourth-order valence-corrected chi connectivity index (χ4v) is 3.07. The Hall–Kier alpha value is -1.60. The molecule has 1 aromatic heterocycles. The van der Waals surface area contributed by atoms with Gasteiger partial charge in [-0.2, -0.15) is 4.31 Å². The van der Waals surface area contributed by atoms with E-state index in [0.717, 1.165) is 6.07 Å². The Kier molecular flexibility index (Phi) is 4.31. The second-order valence-corrected chi connectivity index (χ2v) is 5.66. The van der Waals surface area contributed by atoms with Crippen molar-refractivity contribution in [1.82, 2.24) is 8.87 Å². The molecular weight excluding hydrogens is 256 g/mol. The lowest BCUT2D eigenvalue weighted by Gasteiger charge is -2.17. The monoisotopic (exact) mass is 272 g/mol. The number of hydrogen-bond donors (Lipinski definition) is 1. The van der Waals surface area contributed by atoms with Crippen LogP contribution < -0.4 is 0 Å². The zero-order chi connectivity index (χ0) is 13.9. The number of hydrogen-bond acceptors (Lipinski definition) is 3. The van der Waals surface area contributed by atoms with Gasteiger partial charge in [0, 0.05) is 26.3 Å². The predicted molar refractivity (Wildman–Crippen MR) is 67.0 cm³/mol. The Morgan fingerprint density at radius 1 is 1.61 bits per heavy atom. The van der Waals surface area contributed by atoms with Gasteiger partial charge in [-0.15, -0.1) is 6.58 Å². The van der Waals surface area contributed by atoms with E-state index in [1.54, 1.807) is 6.92 Å². The zero-order valence-electron chi connectivity index (χ0n) is 10.3. The number of carboxylic acids is 1. The second kappa shape index (κ2) is 5.36. The smallest absolute Gasteiger partial charge is 0.352 e. The lowest BCUT2D eigenvalue weighted by molar-refractivity contribution is 0.0686. The molecule has 0 spiro atoms. The second-order valence-electron chi connectivity index (χ2n) is 3.72. The van der Waals surface area contributed by atoms with Crippen molar-refractivity contribution in [2.75, 3.05) is 13.1 Å². The first-order chi connectivity index (χ1) is 8.34. The number of carboxylic acid groups (broad SMARTS) is 1. The van der Waals surface area contributed by atoms with Gasteiger partial charge in [0.1, 0.15) is 10.6 Å². The molecule has 18 heavy (non-hydrogen) atoms. The maximum Gasteiger partial charge on any atom is 0.352 e. The molecule has 0 saturated carbocycles. The van der Waals surface area contributed by atoms with Crippen molar-refractivity contribution in [2.45, 2.75) is 11.8 Å². The number of aryl methyl sites for hydroxylation is 1. The van der Waals surface area contributed by atoms with Crippen molar-refractivity contribution < 1.29 is 18.3 Å². The number of aromatic carboxylic acids is 1. The van der Waals surface area contributed by atoms with Crippen molar-refractivity contribution in [1.29, 1.82) is 0 Å². The number of carbonyl (C=O) groups is 1. The van der Waals surface area contributed by atoms with Crippen LogP contribution in [0, 0.1) is 0 Å². The summed E-state index contributed by atoms with van der Waals surface area (Å²) < 4.78 is 26.9. The minimum Gasteiger partial charge on any atom is -0.477 e. The molecule has 0 aromatic carbocycles. The van der Waals surface area contributed by atoms with Gasteiger partial charge >= 0.3 is 5.97 Å². The van der Waals surface area contributed by atoms with E-state index in [1.807, 2.05) is 0 Å².